The molecule has 3 N–H and O–H groups in total. The first kappa shape index (κ1) is 42.8. The molecular formula is C36H53ClF3N3O. The van der Waals surface area contributed by atoms with Crippen molar-refractivity contribution in [3.8, 4) is 0 Å². The first-order chi connectivity index (χ1) is 20.9. The Morgan fingerprint density at radius 1 is 0.841 bits per heavy atom. The average Bonchev–Trinajstić information content (AvgIpc) is 3.03. The number of hydrogen-bond donors (Lipinski definition) is 3. The number of aliphatic hydroxyl groups is 1. The van der Waals surface area contributed by atoms with Gasteiger partial charge in [0, 0.05) is 24.9 Å². The minimum atomic E-state index is -4.32. The van der Waals surface area contributed by atoms with Crippen LogP contribution in [-0.2, 0) is 32.0 Å². The van der Waals surface area contributed by atoms with Crippen molar-refractivity contribution in [1.29, 1.82) is 0 Å². The maximum absolute atomic E-state index is 12.8. The number of allylic oxidation sites excluding steroid dienone is 1. The molecule has 0 aliphatic carbocycles. The third-order valence-corrected chi connectivity index (χ3v) is 6.47. The highest BCUT2D eigenvalue weighted by Crippen LogP contribution is 2.32. The summed E-state index contributed by atoms with van der Waals surface area (Å²) in [7, 11) is 2.85. The van der Waals surface area contributed by atoms with E-state index in [1.807, 2.05) is 72.0 Å². The van der Waals surface area contributed by atoms with Gasteiger partial charge < -0.3 is 15.7 Å². The van der Waals surface area contributed by atoms with Gasteiger partial charge in [0.2, 0.25) is 0 Å². The van der Waals surface area contributed by atoms with E-state index in [2.05, 4.69) is 55.1 Å². The third kappa shape index (κ3) is 17.1. The van der Waals surface area contributed by atoms with Crippen LogP contribution in [0.5, 0.6) is 0 Å². The lowest BCUT2D eigenvalue weighted by Crippen LogP contribution is -2.12. The van der Waals surface area contributed by atoms with Crippen molar-refractivity contribution in [1.82, 2.24) is 5.32 Å². The van der Waals surface area contributed by atoms with E-state index in [0.29, 0.717) is 30.1 Å². The number of rotatable bonds is 7. The average molecular weight is 636 g/mol. The number of aliphatic imine (C=N–C) groups is 1. The van der Waals surface area contributed by atoms with Crippen molar-refractivity contribution in [2.45, 2.75) is 87.4 Å². The standard InChI is InChI=1S/C20H23F3N2.C9H11Cl.C4H9N.C2H6.CH4O/c1-4-15-8-6-7-9-17(15)13-24-14(3)25-19-11-10-18(20(21,22)23)12-16(19)5-2;1-3-8-6-9(10)5-4-7(8)2;1-4(2)5-3;2*1-2/h6-12H,4-5,13H2,1-3H3,(H,24,25);4-6H,3H2,1-2H3;5H,1H2,2-3H3;1-2H3;2H,1H3. The molecule has 8 heteroatoms. The fourth-order valence-corrected chi connectivity index (χ4v) is 3.89. The minimum absolute atomic E-state index is 0.512. The Kier molecular flexibility index (Phi) is 23.4. The Hall–Kier alpha value is -3.29. The first-order valence-electron chi connectivity index (χ1n) is 14.9. The van der Waals surface area contributed by atoms with Crippen LogP contribution in [0, 0.1) is 6.92 Å². The SMILES string of the molecule is C=C(C)NC.CC.CCc1cc(Cl)ccc1C.CCc1ccccc1CN=C(C)Nc1ccc(C(F)(F)F)cc1CC.CO. The second-order valence-corrected chi connectivity index (χ2v) is 9.76. The number of aryl methyl sites for hydroxylation is 4. The number of amidine groups is 1. The van der Waals surface area contributed by atoms with E-state index in [4.69, 9.17) is 16.7 Å². The van der Waals surface area contributed by atoms with Gasteiger partial charge in [0.05, 0.1) is 17.9 Å². The summed E-state index contributed by atoms with van der Waals surface area (Å²) in [5.41, 5.74) is 6.75. The lowest BCUT2D eigenvalue weighted by Gasteiger charge is -2.14. The lowest BCUT2D eigenvalue weighted by molar-refractivity contribution is -0.137. The zero-order valence-corrected chi connectivity index (χ0v) is 29.0. The molecule has 0 aliphatic heterocycles. The van der Waals surface area contributed by atoms with Crippen LogP contribution in [0.25, 0.3) is 0 Å². The fraction of sp³-hybridized carbons (Fsp3) is 0.417. The molecule has 3 aromatic rings. The normalized spacial score (nSPS) is 10.3. The van der Waals surface area contributed by atoms with Gasteiger partial charge in [0.1, 0.15) is 0 Å². The van der Waals surface area contributed by atoms with Gasteiger partial charge in [-0.3, -0.25) is 4.99 Å². The number of anilines is 1. The first-order valence-corrected chi connectivity index (χ1v) is 15.3. The van der Waals surface area contributed by atoms with Crippen LogP contribution in [0.15, 0.2) is 77.9 Å². The van der Waals surface area contributed by atoms with Crippen LogP contribution in [0.2, 0.25) is 5.02 Å². The number of nitrogens with zero attached hydrogens (tertiary/aromatic N) is 1. The summed E-state index contributed by atoms with van der Waals surface area (Å²) in [5, 5.41) is 13.8. The van der Waals surface area contributed by atoms with Crippen molar-refractivity contribution in [2.75, 3.05) is 19.5 Å². The number of hydrogen-bond acceptors (Lipinski definition) is 3. The van der Waals surface area contributed by atoms with Gasteiger partial charge in [-0.25, -0.2) is 0 Å². The Balaban J connectivity index is 0. The van der Waals surface area contributed by atoms with Crippen LogP contribution in [-0.4, -0.2) is 25.1 Å². The Bertz CT molecular complexity index is 1260. The molecule has 0 amide bonds. The highest BCUT2D eigenvalue weighted by Gasteiger charge is 2.30. The quantitative estimate of drug-likeness (QED) is 0.179. The topological polar surface area (TPSA) is 56.7 Å². The molecule has 44 heavy (non-hydrogen) atoms. The van der Waals surface area contributed by atoms with Crippen LogP contribution in [0.3, 0.4) is 0 Å². The van der Waals surface area contributed by atoms with Crippen molar-refractivity contribution < 1.29 is 18.3 Å². The van der Waals surface area contributed by atoms with Gasteiger partial charge in [-0.2, -0.15) is 13.2 Å². The molecule has 246 valence electrons. The number of aliphatic hydroxyl groups excluding tert-OH is 1. The Morgan fingerprint density at radius 2 is 1.36 bits per heavy atom. The molecule has 0 atom stereocenters. The molecule has 3 rings (SSSR count). The summed E-state index contributed by atoms with van der Waals surface area (Å²) in [6, 6.07) is 17.9. The van der Waals surface area contributed by atoms with E-state index in [0.717, 1.165) is 42.3 Å². The predicted octanol–water partition coefficient (Wildman–Crippen LogP) is 10.4. The number of alkyl halides is 3. The van der Waals surface area contributed by atoms with Crippen molar-refractivity contribution in [2.24, 2.45) is 4.99 Å². The Morgan fingerprint density at radius 3 is 1.82 bits per heavy atom. The van der Waals surface area contributed by atoms with Gasteiger partial charge in [0.25, 0.3) is 0 Å². The summed E-state index contributed by atoms with van der Waals surface area (Å²) < 4.78 is 38.5. The van der Waals surface area contributed by atoms with Crippen molar-refractivity contribution in [3.05, 3.63) is 111 Å². The zero-order valence-electron chi connectivity index (χ0n) is 28.2. The van der Waals surface area contributed by atoms with Crippen LogP contribution >= 0.6 is 11.6 Å². The molecule has 0 fully saturated rings. The summed E-state index contributed by atoms with van der Waals surface area (Å²) in [5.74, 6) is 0.681. The van der Waals surface area contributed by atoms with Gasteiger partial charge in [-0.15, -0.1) is 0 Å². The van der Waals surface area contributed by atoms with Crippen LogP contribution < -0.4 is 10.6 Å². The molecule has 0 spiro atoms. The van der Waals surface area contributed by atoms with Gasteiger partial charge in [0.15, 0.2) is 0 Å². The summed E-state index contributed by atoms with van der Waals surface area (Å²) in [4.78, 5) is 4.53. The molecule has 0 heterocycles. The van der Waals surface area contributed by atoms with E-state index in [1.54, 1.807) is 0 Å². The van der Waals surface area contributed by atoms with E-state index in [9.17, 15) is 13.2 Å². The summed E-state index contributed by atoms with van der Waals surface area (Å²) >= 11 is 5.80. The molecule has 0 aliphatic rings. The molecule has 0 aromatic heterocycles. The monoisotopic (exact) mass is 635 g/mol. The summed E-state index contributed by atoms with van der Waals surface area (Å²) in [6.45, 7) is 20.0. The summed E-state index contributed by atoms with van der Waals surface area (Å²) in [6.07, 6.45) is -1.81. The predicted molar refractivity (Wildman–Crippen MR) is 186 cm³/mol. The second-order valence-electron chi connectivity index (χ2n) is 9.33. The highest BCUT2D eigenvalue weighted by atomic mass is 35.5. The van der Waals surface area contributed by atoms with Crippen molar-refractivity contribution in [3.63, 3.8) is 0 Å². The highest BCUT2D eigenvalue weighted by molar-refractivity contribution is 6.30. The molecule has 0 unspecified atom stereocenters. The fourth-order valence-electron chi connectivity index (χ4n) is 3.70. The van der Waals surface area contributed by atoms with Crippen LogP contribution in [0.4, 0.5) is 18.9 Å². The van der Waals surface area contributed by atoms with E-state index in [-0.39, 0.29) is 0 Å². The van der Waals surface area contributed by atoms with E-state index < -0.39 is 11.7 Å². The van der Waals surface area contributed by atoms with E-state index >= 15 is 0 Å². The third-order valence-electron chi connectivity index (χ3n) is 6.23. The molecule has 0 saturated heterocycles. The number of halogens is 4. The maximum Gasteiger partial charge on any atom is 0.416 e. The van der Waals surface area contributed by atoms with Gasteiger partial charge in [-0.1, -0.05) is 83.1 Å². The number of nitrogens with one attached hydrogen (secondary N) is 2. The van der Waals surface area contributed by atoms with E-state index in [1.165, 1.54) is 28.8 Å². The number of benzene rings is 3. The zero-order chi connectivity index (χ0) is 34.3. The maximum atomic E-state index is 12.8. The molecule has 0 radical (unpaired) electrons. The minimum Gasteiger partial charge on any atom is -0.400 e. The van der Waals surface area contributed by atoms with Crippen LogP contribution in [0.1, 0.15) is 81.8 Å². The Labute approximate surface area is 269 Å². The largest absolute Gasteiger partial charge is 0.416 e. The van der Waals surface area contributed by atoms with Crippen molar-refractivity contribution >= 4 is 23.1 Å². The molecule has 4 nitrogen and oxygen atoms in total. The molecule has 0 saturated carbocycles. The molecule has 3 aromatic carbocycles. The second kappa shape index (κ2) is 24.1. The molecule has 0 bridgehead atoms. The van der Waals surface area contributed by atoms with Gasteiger partial charge in [-0.05, 0) is 104 Å². The molecular weight excluding hydrogens is 583 g/mol. The smallest absolute Gasteiger partial charge is 0.400 e. The lowest BCUT2D eigenvalue weighted by atomic mass is 10.1. The van der Waals surface area contributed by atoms with Gasteiger partial charge >= 0.3 is 6.18 Å².